The van der Waals surface area contributed by atoms with E-state index in [1.165, 1.54) is 26.8 Å². The van der Waals surface area contributed by atoms with Crippen LogP contribution in [0.15, 0.2) is 47.8 Å². The lowest BCUT2D eigenvalue weighted by Gasteiger charge is -2.05. The molecule has 3 aromatic rings. The van der Waals surface area contributed by atoms with Crippen LogP contribution in [-0.2, 0) is 0 Å². The zero-order valence-corrected chi connectivity index (χ0v) is 11.3. The van der Waals surface area contributed by atoms with Gasteiger partial charge < -0.3 is 4.74 Å². The molecule has 0 radical (unpaired) electrons. The molecule has 0 unspecified atom stereocenters. The van der Waals surface area contributed by atoms with Crippen molar-refractivity contribution in [1.29, 1.82) is 0 Å². The van der Waals surface area contributed by atoms with E-state index in [2.05, 4.69) is 42.6 Å². The second kappa shape index (κ2) is 4.46. The average Bonchev–Trinajstić information content (AvgIpc) is 2.81. The summed E-state index contributed by atoms with van der Waals surface area (Å²) in [5.74, 6) is 0.897. The first-order valence-electron chi connectivity index (χ1n) is 5.91. The molecule has 0 aliphatic carbocycles. The molecule has 0 fully saturated rings. The molecule has 0 saturated heterocycles. The van der Waals surface area contributed by atoms with Crippen molar-refractivity contribution in [3.05, 3.63) is 53.4 Å². The van der Waals surface area contributed by atoms with Crippen molar-refractivity contribution >= 4 is 21.4 Å². The molecule has 0 amide bonds. The Morgan fingerprint density at radius 1 is 1.00 bits per heavy atom. The highest BCUT2D eigenvalue weighted by molar-refractivity contribution is 7.18. The maximum atomic E-state index is 5.20. The van der Waals surface area contributed by atoms with Crippen LogP contribution in [0.2, 0.25) is 0 Å². The van der Waals surface area contributed by atoms with Gasteiger partial charge in [0, 0.05) is 4.70 Å². The SMILES string of the molecule is COc1ccc(-c2cccc3c(C)csc23)cc1. The van der Waals surface area contributed by atoms with Crippen molar-refractivity contribution in [2.45, 2.75) is 6.92 Å². The number of thiophene rings is 1. The van der Waals surface area contributed by atoms with Gasteiger partial charge in [0.05, 0.1) is 7.11 Å². The van der Waals surface area contributed by atoms with Gasteiger partial charge in [0.15, 0.2) is 0 Å². The highest BCUT2D eigenvalue weighted by atomic mass is 32.1. The lowest BCUT2D eigenvalue weighted by molar-refractivity contribution is 0.415. The number of hydrogen-bond acceptors (Lipinski definition) is 2. The van der Waals surface area contributed by atoms with Gasteiger partial charge in [-0.15, -0.1) is 11.3 Å². The van der Waals surface area contributed by atoms with E-state index >= 15 is 0 Å². The van der Waals surface area contributed by atoms with E-state index in [1.54, 1.807) is 7.11 Å². The molecule has 0 N–H and O–H groups in total. The standard InChI is InChI=1S/C16H14OS/c1-11-10-18-16-14(11)4-3-5-15(16)12-6-8-13(17-2)9-7-12/h3-10H,1-2H3. The third-order valence-corrected chi connectivity index (χ3v) is 4.34. The maximum absolute atomic E-state index is 5.20. The molecule has 1 nitrogen and oxygen atoms in total. The van der Waals surface area contributed by atoms with Crippen molar-refractivity contribution in [2.75, 3.05) is 7.11 Å². The van der Waals surface area contributed by atoms with Gasteiger partial charge in [0.2, 0.25) is 0 Å². The van der Waals surface area contributed by atoms with Crippen molar-refractivity contribution in [1.82, 2.24) is 0 Å². The lowest BCUT2D eigenvalue weighted by Crippen LogP contribution is -1.83. The maximum Gasteiger partial charge on any atom is 0.118 e. The molecular formula is C16H14OS. The van der Waals surface area contributed by atoms with Gasteiger partial charge in [0.1, 0.15) is 5.75 Å². The van der Waals surface area contributed by atoms with Gasteiger partial charge in [-0.25, -0.2) is 0 Å². The molecular weight excluding hydrogens is 240 g/mol. The summed E-state index contributed by atoms with van der Waals surface area (Å²) in [5.41, 5.74) is 3.89. The molecule has 90 valence electrons. The summed E-state index contributed by atoms with van der Waals surface area (Å²) >= 11 is 1.81. The van der Waals surface area contributed by atoms with E-state index in [0.29, 0.717) is 0 Å². The summed E-state index contributed by atoms with van der Waals surface area (Å²) in [4.78, 5) is 0. The number of aryl methyl sites for hydroxylation is 1. The van der Waals surface area contributed by atoms with Gasteiger partial charge in [0.25, 0.3) is 0 Å². The van der Waals surface area contributed by atoms with Crippen LogP contribution in [0.5, 0.6) is 5.75 Å². The molecule has 0 spiro atoms. The van der Waals surface area contributed by atoms with Crippen LogP contribution in [0, 0.1) is 6.92 Å². The van der Waals surface area contributed by atoms with E-state index in [-0.39, 0.29) is 0 Å². The minimum atomic E-state index is 0.897. The molecule has 0 saturated carbocycles. The smallest absolute Gasteiger partial charge is 0.118 e. The largest absolute Gasteiger partial charge is 0.497 e. The molecule has 2 aromatic carbocycles. The topological polar surface area (TPSA) is 9.23 Å². The third kappa shape index (κ3) is 1.79. The summed E-state index contributed by atoms with van der Waals surface area (Å²) in [6.07, 6.45) is 0. The van der Waals surface area contributed by atoms with E-state index in [4.69, 9.17) is 4.74 Å². The predicted molar refractivity (Wildman–Crippen MR) is 78.6 cm³/mol. The zero-order chi connectivity index (χ0) is 12.5. The van der Waals surface area contributed by atoms with Crippen molar-refractivity contribution in [2.24, 2.45) is 0 Å². The van der Waals surface area contributed by atoms with Gasteiger partial charge in [-0.05, 0) is 46.5 Å². The molecule has 1 heterocycles. The first kappa shape index (κ1) is 11.3. The Kier molecular flexibility index (Phi) is 2.80. The van der Waals surface area contributed by atoms with Crippen molar-refractivity contribution in [3.63, 3.8) is 0 Å². The highest BCUT2D eigenvalue weighted by Gasteiger charge is 2.07. The molecule has 0 aliphatic heterocycles. The first-order chi connectivity index (χ1) is 8.79. The van der Waals surface area contributed by atoms with Crippen molar-refractivity contribution < 1.29 is 4.74 Å². The quantitative estimate of drug-likeness (QED) is 0.633. The van der Waals surface area contributed by atoms with E-state index in [9.17, 15) is 0 Å². The normalized spacial score (nSPS) is 10.8. The summed E-state index contributed by atoms with van der Waals surface area (Å²) in [6.45, 7) is 2.16. The molecule has 2 heteroatoms. The van der Waals surface area contributed by atoms with Gasteiger partial charge in [-0.1, -0.05) is 30.3 Å². The number of fused-ring (bicyclic) bond motifs is 1. The Bertz CT molecular complexity index is 680. The molecule has 0 bridgehead atoms. The van der Waals surface area contributed by atoms with Gasteiger partial charge >= 0.3 is 0 Å². The van der Waals surface area contributed by atoms with Crippen LogP contribution in [0.4, 0.5) is 0 Å². The zero-order valence-electron chi connectivity index (χ0n) is 10.4. The third-order valence-electron chi connectivity index (χ3n) is 3.19. The first-order valence-corrected chi connectivity index (χ1v) is 6.79. The molecule has 0 atom stereocenters. The van der Waals surface area contributed by atoms with Crippen LogP contribution in [0.3, 0.4) is 0 Å². The van der Waals surface area contributed by atoms with Gasteiger partial charge in [-0.2, -0.15) is 0 Å². The summed E-state index contributed by atoms with van der Waals surface area (Å²) in [5, 5.41) is 3.57. The Hall–Kier alpha value is -1.80. The number of hydrogen-bond donors (Lipinski definition) is 0. The van der Waals surface area contributed by atoms with Crippen LogP contribution >= 0.6 is 11.3 Å². The fourth-order valence-electron chi connectivity index (χ4n) is 2.18. The van der Waals surface area contributed by atoms with E-state index in [0.717, 1.165) is 5.75 Å². The lowest BCUT2D eigenvalue weighted by atomic mass is 10.0. The number of ether oxygens (including phenoxy) is 1. The number of benzene rings is 2. The van der Waals surface area contributed by atoms with Crippen LogP contribution in [-0.4, -0.2) is 7.11 Å². The van der Waals surface area contributed by atoms with Crippen LogP contribution in [0.25, 0.3) is 21.2 Å². The Balaban J connectivity index is 2.18. The number of rotatable bonds is 2. The number of methoxy groups -OCH3 is 1. The Morgan fingerprint density at radius 3 is 2.50 bits per heavy atom. The molecule has 3 rings (SSSR count). The minimum Gasteiger partial charge on any atom is -0.497 e. The molecule has 0 aliphatic rings. The predicted octanol–water partition coefficient (Wildman–Crippen LogP) is 4.89. The monoisotopic (exact) mass is 254 g/mol. The highest BCUT2D eigenvalue weighted by Crippen LogP contribution is 2.35. The minimum absolute atomic E-state index is 0.897. The van der Waals surface area contributed by atoms with Crippen LogP contribution in [0.1, 0.15) is 5.56 Å². The average molecular weight is 254 g/mol. The molecule has 18 heavy (non-hydrogen) atoms. The Morgan fingerprint density at radius 2 is 1.78 bits per heavy atom. The fraction of sp³-hybridized carbons (Fsp3) is 0.125. The van der Waals surface area contributed by atoms with Crippen molar-refractivity contribution in [3.8, 4) is 16.9 Å². The van der Waals surface area contributed by atoms with Gasteiger partial charge in [-0.3, -0.25) is 0 Å². The second-order valence-corrected chi connectivity index (χ2v) is 5.21. The summed E-state index contributed by atoms with van der Waals surface area (Å²) in [6, 6.07) is 14.7. The summed E-state index contributed by atoms with van der Waals surface area (Å²) < 4.78 is 6.56. The molecule has 1 aromatic heterocycles. The van der Waals surface area contributed by atoms with E-state index in [1.807, 2.05) is 23.5 Å². The second-order valence-electron chi connectivity index (χ2n) is 4.33. The fourth-order valence-corrected chi connectivity index (χ4v) is 3.27. The van der Waals surface area contributed by atoms with E-state index < -0.39 is 0 Å². The Labute approximate surface area is 111 Å². The van der Waals surface area contributed by atoms with Crippen LogP contribution < -0.4 is 4.74 Å². The summed E-state index contributed by atoms with van der Waals surface area (Å²) in [7, 11) is 1.69.